The van der Waals surface area contributed by atoms with Crippen LogP contribution in [0.3, 0.4) is 0 Å². The van der Waals surface area contributed by atoms with Gasteiger partial charge in [-0.1, -0.05) is 121 Å². The largest absolute Gasteiger partial charge is 0.496 e. The third kappa shape index (κ3) is 5.07. The second kappa shape index (κ2) is 11.5. The Morgan fingerprint density at radius 2 is 0.639 bits per heavy atom. The Morgan fingerprint density at radius 1 is 0.389 bits per heavy atom. The summed E-state index contributed by atoms with van der Waals surface area (Å²) in [6.07, 6.45) is 0. The van der Waals surface area contributed by atoms with E-state index in [-0.39, 0.29) is 0 Å². The Morgan fingerprint density at radius 3 is 0.861 bits per heavy atom. The van der Waals surface area contributed by atoms with Crippen LogP contribution in [-0.4, -0.2) is 14.2 Å². The Bertz CT molecular complexity index is 1200. The zero-order chi connectivity index (χ0) is 24.7. The van der Waals surface area contributed by atoms with Crippen molar-refractivity contribution in [1.29, 1.82) is 0 Å². The molecule has 0 heterocycles. The van der Waals surface area contributed by atoms with Gasteiger partial charge in [0.05, 0.1) is 14.2 Å². The Kier molecular flexibility index (Phi) is 7.77. The van der Waals surface area contributed by atoms with Gasteiger partial charge in [0.15, 0.2) is 0 Å². The van der Waals surface area contributed by atoms with Crippen LogP contribution in [0, 0.1) is 0 Å². The maximum atomic E-state index is 6.10. The van der Waals surface area contributed by atoms with Gasteiger partial charge in [-0.3, -0.25) is 0 Å². The van der Waals surface area contributed by atoms with Crippen molar-refractivity contribution in [3.05, 3.63) is 133 Å². The molecule has 0 saturated carbocycles. The van der Waals surface area contributed by atoms with E-state index in [1.165, 1.54) is 21.2 Å². The monoisotopic (exact) mass is 506 g/mol. The van der Waals surface area contributed by atoms with E-state index in [0.717, 1.165) is 22.1 Å². The Balaban J connectivity index is 1.73. The van der Waals surface area contributed by atoms with Crippen molar-refractivity contribution < 1.29 is 9.47 Å². The van der Waals surface area contributed by atoms with Crippen LogP contribution in [0.4, 0.5) is 0 Å². The van der Waals surface area contributed by atoms with E-state index < -0.39 is 15.8 Å². The van der Waals surface area contributed by atoms with Crippen LogP contribution in [-0.2, 0) is 0 Å². The highest BCUT2D eigenvalue weighted by molar-refractivity contribution is 7.80. The van der Waals surface area contributed by atoms with E-state index in [0.29, 0.717) is 0 Å². The van der Waals surface area contributed by atoms with Gasteiger partial charge in [0.2, 0.25) is 0 Å². The molecular formula is C32H28O2P2. The lowest BCUT2D eigenvalue weighted by Gasteiger charge is -2.26. The molecule has 0 amide bonds. The van der Waals surface area contributed by atoms with Crippen molar-refractivity contribution in [3.63, 3.8) is 0 Å². The van der Waals surface area contributed by atoms with Crippen molar-refractivity contribution in [2.45, 2.75) is 0 Å². The SMILES string of the molecule is COc1cc(P(c2ccccc2)c2ccccc2)c(OC)cc1P(c1ccccc1)c1ccccc1. The molecule has 0 spiro atoms. The number of methoxy groups -OCH3 is 2. The van der Waals surface area contributed by atoms with Gasteiger partial charge >= 0.3 is 0 Å². The van der Waals surface area contributed by atoms with E-state index in [1.54, 1.807) is 14.2 Å². The Hall–Kier alpha value is -3.44. The second-order valence-corrected chi connectivity index (χ2v) is 12.6. The van der Waals surface area contributed by atoms with E-state index in [1.807, 2.05) is 0 Å². The topological polar surface area (TPSA) is 18.5 Å². The molecule has 0 saturated heterocycles. The predicted octanol–water partition coefficient (Wildman–Crippen LogP) is 5.22. The lowest BCUT2D eigenvalue weighted by molar-refractivity contribution is 0.409. The highest BCUT2D eigenvalue weighted by Crippen LogP contribution is 2.42. The van der Waals surface area contributed by atoms with E-state index >= 15 is 0 Å². The number of rotatable bonds is 8. The fourth-order valence-electron chi connectivity index (χ4n) is 4.38. The molecule has 5 aromatic carbocycles. The lowest BCUT2D eigenvalue weighted by atomic mass is 10.3. The maximum Gasteiger partial charge on any atom is 0.128 e. The molecule has 0 bridgehead atoms. The molecule has 0 radical (unpaired) electrons. The number of hydrogen-bond acceptors (Lipinski definition) is 2. The molecule has 5 rings (SSSR count). The van der Waals surface area contributed by atoms with Crippen molar-refractivity contribution in [2.75, 3.05) is 14.2 Å². The molecule has 0 aliphatic carbocycles. The molecule has 0 atom stereocenters. The lowest BCUT2D eigenvalue weighted by Crippen LogP contribution is -2.27. The summed E-state index contributed by atoms with van der Waals surface area (Å²) in [6.45, 7) is 0. The number of benzene rings is 5. The van der Waals surface area contributed by atoms with Crippen molar-refractivity contribution in [1.82, 2.24) is 0 Å². The average molecular weight is 507 g/mol. The number of ether oxygens (including phenoxy) is 2. The molecule has 0 aromatic heterocycles. The fraction of sp³-hybridized carbons (Fsp3) is 0.0625. The van der Waals surface area contributed by atoms with Crippen molar-refractivity contribution >= 4 is 47.7 Å². The first kappa shape index (κ1) is 24.3. The smallest absolute Gasteiger partial charge is 0.128 e. The second-order valence-electron chi connectivity index (χ2n) is 8.21. The van der Waals surface area contributed by atoms with Crippen LogP contribution in [0.25, 0.3) is 0 Å². The minimum absolute atomic E-state index is 0.832. The van der Waals surface area contributed by atoms with Gasteiger partial charge < -0.3 is 9.47 Å². The summed E-state index contributed by atoms with van der Waals surface area (Å²) in [4.78, 5) is 0. The molecule has 0 aliphatic rings. The van der Waals surface area contributed by atoms with Gasteiger partial charge in [-0.05, 0) is 49.2 Å². The average Bonchev–Trinajstić information content (AvgIpc) is 2.96. The van der Waals surface area contributed by atoms with Crippen LogP contribution in [0.15, 0.2) is 133 Å². The third-order valence-electron chi connectivity index (χ3n) is 6.02. The molecule has 0 fully saturated rings. The van der Waals surface area contributed by atoms with Gasteiger partial charge in [0.25, 0.3) is 0 Å². The standard InChI is InChI=1S/C32H28O2P2/c1-33-29-23-32(36(27-19-11-5-12-20-27)28-21-13-6-14-22-28)30(34-2)24-31(29)35(25-15-7-3-8-16-25)26-17-9-4-10-18-26/h3-24H,1-2H3. The van der Waals surface area contributed by atoms with Crippen LogP contribution in [0.5, 0.6) is 11.5 Å². The molecule has 36 heavy (non-hydrogen) atoms. The fourth-order valence-corrected chi connectivity index (χ4v) is 9.21. The summed E-state index contributed by atoms with van der Waals surface area (Å²) < 4.78 is 12.2. The van der Waals surface area contributed by atoms with Crippen LogP contribution in [0.1, 0.15) is 0 Å². The summed E-state index contributed by atoms with van der Waals surface area (Å²) in [6, 6.07) is 47.2. The molecule has 178 valence electrons. The summed E-state index contributed by atoms with van der Waals surface area (Å²) in [5.74, 6) is 1.79. The highest BCUT2D eigenvalue weighted by Gasteiger charge is 2.26. The summed E-state index contributed by atoms with van der Waals surface area (Å²) >= 11 is 0. The van der Waals surface area contributed by atoms with Gasteiger partial charge in [-0.25, -0.2) is 0 Å². The normalized spacial score (nSPS) is 11.0. The molecule has 0 N–H and O–H groups in total. The van der Waals surface area contributed by atoms with Crippen LogP contribution in [0.2, 0.25) is 0 Å². The van der Waals surface area contributed by atoms with E-state index in [2.05, 4.69) is 133 Å². The quantitative estimate of drug-likeness (QED) is 0.269. The summed E-state index contributed by atoms with van der Waals surface area (Å²) in [5.41, 5.74) is 0. The molecule has 0 aliphatic heterocycles. The first-order chi connectivity index (χ1) is 17.8. The molecule has 5 aromatic rings. The molecular weight excluding hydrogens is 478 g/mol. The van der Waals surface area contributed by atoms with Gasteiger partial charge in [-0.15, -0.1) is 0 Å². The minimum atomic E-state index is -0.832. The van der Waals surface area contributed by atoms with Gasteiger partial charge in [-0.2, -0.15) is 0 Å². The van der Waals surface area contributed by atoms with Crippen LogP contribution < -0.4 is 41.3 Å². The maximum absolute atomic E-state index is 6.10. The molecule has 0 unspecified atom stereocenters. The minimum Gasteiger partial charge on any atom is -0.496 e. The Labute approximate surface area is 216 Å². The first-order valence-corrected chi connectivity index (χ1v) is 14.5. The molecule has 4 heteroatoms. The summed E-state index contributed by atoms with van der Waals surface area (Å²) in [5, 5.41) is 7.42. The zero-order valence-corrected chi connectivity index (χ0v) is 22.2. The van der Waals surface area contributed by atoms with E-state index in [4.69, 9.17) is 9.47 Å². The van der Waals surface area contributed by atoms with Crippen LogP contribution >= 0.6 is 15.8 Å². The predicted molar refractivity (Wildman–Crippen MR) is 157 cm³/mol. The third-order valence-corrected chi connectivity index (χ3v) is 10.9. The first-order valence-electron chi connectivity index (χ1n) is 11.9. The highest BCUT2D eigenvalue weighted by atomic mass is 31.1. The number of hydrogen-bond donors (Lipinski definition) is 0. The zero-order valence-electron chi connectivity index (χ0n) is 20.4. The van der Waals surface area contributed by atoms with E-state index in [9.17, 15) is 0 Å². The van der Waals surface area contributed by atoms with Gasteiger partial charge in [0.1, 0.15) is 11.5 Å². The molecule has 2 nitrogen and oxygen atoms in total. The summed E-state index contributed by atoms with van der Waals surface area (Å²) in [7, 11) is 1.87. The van der Waals surface area contributed by atoms with Crippen molar-refractivity contribution in [2.24, 2.45) is 0 Å². The van der Waals surface area contributed by atoms with Gasteiger partial charge in [0, 0.05) is 10.6 Å². The van der Waals surface area contributed by atoms with Crippen molar-refractivity contribution in [3.8, 4) is 11.5 Å².